The smallest absolute Gasteiger partial charge is 0.311 e. The van der Waals surface area contributed by atoms with E-state index >= 15 is 0 Å². The van der Waals surface area contributed by atoms with Gasteiger partial charge in [-0.25, -0.2) is 0 Å². The number of hydrogen-bond donors (Lipinski definition) is 1. The number of rotatable bonds is 16. The molecule has 1 unspecified atom stereocenters. The second-order valence-electron chi connectivity index (χ2n) is 8.76. The zero-order chi connectivity index (χ0) is 23.0. The summed E-state index contributed by atoms with van der Waals surface area (Å²) in [4.78, 5) is 16.6. The third-order valence-corrected chi connectivity index (χ3v) is 5.85. The number of ether oxygens (including phenoxy) is 1. The van der Waals surface area contributed by atoms with E-state index in [0.717, 1.165) is 55.3 Å². The van der Waals surface area contributed by atoms with Crippen molar-refractivity contribution in [2.75, 3.05) is 0 Å². The average Bonchev–Trinajstić information content (AvgIpc) is 2.81. The summed E-state index contributed by atoms with van der Waals surface area (Å²) in [6.45, 7) is 4.39. The maximum absolute atomic E-state index is 12.0. The Labute approximate surface area is 194 Å². The molecule has 0 saturated heterocycles. The summed E-state index contributed by atoms with van der Waals surface area (Å²) < 4.78 is 5.44. The molecule has 0 saturated carbocycles. The van der Waals surface area contributed by atoms with Crippen LogP contribution in [0.2, 0.25) is 0 Å². The molecule has 2 rings (SSSR count). The standard InChI is InChI=1S/C28H41NO3/c1-3-5-7-9-11-13-28(31)32-26-19-16-24(17-20-26)27-21-15-23(22-29-27)14-18-25(30)12-10-8-6-4-2/h15-17,19-22,25,30H,3-14,18H2,1-2H3. The van der Waals surface area contributed by atoms with Crippen LogP contribution >= 0.6 is 0 Å². The summed E-state index contributed by atoms with van der Waals surface area (Å²) in [5, 5.41) is 10.2. The van der Waals surface area contributed by atoms with Crippen molar-refractivity contribution in [3.05, 3.63) is 48.2 Å². The largest absolute Gasteiger partial charge is 0.427 e. The Kier molecular flexibility index (Phi) is 12.7. The molecule has 176 valence electrons. The van der Waals surface area contributed by atoms with Gasteiger partial charge in [0.1, 0.15) is 5.75 Å². The summed E-state index contributed by atoms with van der Waals surface area (Å²) in [5.41, 5.74) is 3.03. The lowest BCUT2D eigenvalue weighted by Crippen LogP contribution is -2.08. The molecule has 1 atom stereocenters. The van der Waals surface area contributed by atoms with Crippen molar-refractivity contribution in [2.45, 2.75) is 103 Å². The fourth-order valence-corrected chi connectivity index (χ4v) is 3.78. The normalized spacial score (nSPS) is 12.0. The van der Waals surface area contributed by atoms with Crippen LogP contribution < -0.4 is 4.74 Å². The number of aryl methyl sites for hydroxylation is 1. The molecule has 0 bridgehead atoms. The van der Waals surface area contributed by atoms with Crippen LogP contribution in [-0.2, 0) is 11.2 Å². The van der Waals surface area contributed by atoms with Crippen LogP contribution in [0.3, 0.4) is 0 Å². The molecule has 0 aliphatic heterocycles. The fraction of sp³-hybridized carbons (Fsp3) is 0.571. The van der Waals surface area contributed by atoms with E-state index in [9.17, 15) is 9.90 Å². The van der Waals surface area contributed by atoms with Crippen molar-refractivity contribution in [1.29, 1.82) is 0 Å². The van der Waals surface area contributed by atoms with E-state index in [4.69, 9.17) is 4.74 Å². The summed E-state index contributed by atoms with van der Waals surface area (Å²) in [7, 11) is 0. The van der Waals surface area contributed by atoms with Crippen molar-refractivity contribution < 1.29 is 14.6 Å². The highest BCUT2D eigenvalue weighted by molar-refractivity contribution is 5.72. The van der Waals surface area contributed by atoms with E-state index < -0.39 is 0 Å². The zero-order valence-corrected chi connectivity index (χ0v) is 20.0. The monoisotopic (exact) mass is 439 g/mol. The van der Waals surface area contributed by atoms with Gasteiger partial charge in [0.2, 0.25) is 0 Å². The van der Waals surface area contributed by atoms with Crippen LogP contribution in [0, 0.1) is 0 Å². The molecule has 0 spiro atoms. The van der Waals surface area contributed by atoms with Gasteiger partial charge in [0.05, 0.1) is 11.8 Å². The number of benzene rings is 1. The molecule has 2 aromatic rings. The van der Waals surface area contributed by atoms with E-state index in [1.807, 2.05) is 36.5 Å². The third-order valence-electron chi connectivity index (χ3n) is 5.85. The Morgan fingerprint density at radius 3 is 2.22 bits per heavy atom. The van der Waals surface area contributed by atoms with Gasteiger partial charge in [-0.05, 0) is 61.6 Å². The van der Waals surface area contributed by atoms with Gasteiger partial charge in [-0.3, -0.25) is 9.78 Å². The van der Waals surface area contributed by atoms with E-state index in [1.54, 1.807) is 0 Å². The number of aliphatic hydroxyl groups is 1. The number of pyridine rings is 1. The Morgan fingerprint density at radius 1 is 0.875 bits per heavy atom. The first-order valence-electron chi connectivity index (χ1n) is 12.6. The predicted molar refractivity (Wildman–Crippen MR) is 132 cm³/mol. The topological polar surface area (TPSA) is 59.4 Å². The molecular weight excluding hydrogens is 398 g/mol. The molecular formula is C28H41NO3. The van der Waals surface area contributed by atoms with E-state index in [1.165, 1.54) is 38.5 Å². The van der Waals surface area contributed by atoms with Crippen molar-refractivity contribution in [3.8, 4) is 17.0 Å². The SMILES string of the molecule is CCCCCCCC(=O)Oc1ccc(-c2ccc(CCC(O)CCCCCC)cn2)cc1. The van der Waals surface area contributed by atoms with Crippen LogP contribution in [0.4, 0.5) is 0 Å². The molecule has 0 aliphatic carbocycles. The van der Waals surface area contributed by atoms with Gasteiger partial charge in [-0.1, -0.05) is 71.3 Å². The molecule has 0 aliphatic rings. The number of carbonyl (C=O) groups excluding carboxylic acids is 1. The maximum Gasteiger partial charge on any atom is 0.311 e. The van der Waals surface area contributed by atoms with Gasteiger partial charge in [-0.15, -0.1) is 0 Å². The summed E-state index contributed by atoms with van der Waals surface area (Å²) in [5.74, 6) is 0.418. The van der Waals surface area contributed by atoms with Gasteiger partial charge in [0.25, 0.3) is 0 Å². The van der Waals surface area contributed by atoms with Crippen molar-refractivity contribution in [3.63, 3.8) is 0 Å². The van der Waals surface area contributed by atoms with E-state index in [2.05, 4.69) is 24.9 Å². The number of esters is 1. The number of nitrogens with zero attached hydrogens (tertiary/aromatic N) is 1. The summed E-state index contributed by atoms with van der Waals surface area (Å²) >= 11 is 0. The Bertz CT molecular complexity index is 755. The van der Waals surface area contributed by atoms with Gasteiger partial charge in [0, 0.05) is 18.2 Å². The highest BCUT2D eigenvalue weighted by Crippen LogP contribution is 2.22. The van der Waals surface area contributed by atoms with Gasteiger partial charge in [0.15, 0.2) is 0 Å². The van der Waals surface area contributed by atoms with E-state index in [0.29, 0.717) is 12.2 Å². The molecule has 1 N–H and O–H groups in total. The molecule has 0 radical (unpaired) electrons. The average molecular weight is 440 g/mol. The Morgan fingerprint density at radius 2 is 1.56 bits per heavy atom. The summed E-state index contributed by atoms with van der Waals surface area (Å²) in [6, 6.07) is 11.6. The third kappa shape index (κ3) is 10.4. The molecule has 4 nitrogen and oxygen atoms in total. The van der Waals surface area contributed by atoms with Crippen molar-refractivity contribution in [2.24, 2.45) is 0 Å². The lowest BCUT2D eigenvalue weighted by atomic mass is 10.0. The molecule has 32 heavy (non-hydrogen) atoms. The fourth-order valence-electron chi connectivity index (χ4n) is 3.78. The first-order valence-corrected chi connectivity index (χ1v) is 12.6. The van der Waals surface area contributed by atoms with Crippen LogP contribution in [0.5, 0.6) is 5.75 Å². The predicted octanol–water partition coefficient (Wildman–Crippen LogP) is 7.28. The molecule has 1 aromatic heterocycles. The second kappa shape index (κ2) is 15.6. The number of hydrogen-bond acceptors (Lipinski definition) is 4. The highest BCUT2D eigenvalue weighted by Gasteiger charge is 2.08. The highest BCUT2D eigenvalue weighted by atomic mass is 16.5. The second-order valence-corrected chi connectivity index (χ2v) is 8.76. The van der Waals surface area contributed by atoms with Crippen LogP contribution in [-0.4, -0.2) is 22.2 Å². The minimum atomic E-state index is -0.224. The quantitative estimate of drug-likeness (QED) is 0.170. The lowest BCUT2D eigenvalue weighted by molar-refractivity contribution is -0.134. The Hall–Kier alpha value is -2.20. The van der Waals surface area contributed by atoms with Crippen LogP contribution in [0.15, 0.2) is 42.6 Å². The van der Waals surface area contributed by atoms with Gasteiger partial charge in [-0.2, -0.15) is 0 Å². The minimum absolute atomic E-state index is 0.163. The Balaban J connectivity index is 1.75. The van der Waals surface area contributed by atoms with Crippen molar-refractivity contribution in [1.82, 2.24) is 4.98 Å². The number of aliphatic hydroxyl groups excluding tert-OH is 1. The van der Waals surface area contributed by atoms with Crippen molar-refractivity contribution >= 4 is 5.97 Å². The molecule has 4 heteroatoms. The number of unbranched alkanes of at least 4 members (excludes halogenated alkanes) is 7. The molecule has 1 aromatic carbocycles. The first-order chi connectivity index (χ1) is 15.6. The first kappa shape index (κ1) is 26.1. The number of aromatic nitrogens is 1. The summed E-state index contributed by atoms with van der Waals surface area (Å²) in [6.07, 6.45) is 15.0. The van der Waals surface area contributed by atoms with Gasteiger partial charge < -0.3 is 9.84 Å². The van der Waals surface area contributed by atoms with E-state index in [-0.39, 0.29) is 12.1 Å². The van der Waals surface area contributed by atoms with Crippen LogP contribution in [0.25, 0.3) is 11.3 Å². The number of carbonyl (C=O) groups is 1. The minimum Gasteiger partial charge on any atom is -0.427 e. The van der Waals surface area contributed by atoms with Gasteiger partial charge >= 0.3 is 5.97 Å². The maximum atomic E-state index is 12.0. The molecule has 0 amide bonds. The molecule has 0 fully saturated rings. The molecule has 1 heterocycles. The lowest BCUT2D eigenvalue weighted by Gasteiger charge is -2.10. The zero-order valence-electron chi connectivity index (χ0n) is 20.0. The van der Waals surface area contributed by atoms with Crippen LogP contribution in [0.1, 0.15) is 96.5 Å².